The minimum atomic E-state index is -0.743. The zero-order chi connectivity index (χ0) is 20.4. The molecule has 2 unspecified atom stereocenters. The van der Waals surface area contributed by atoms with E-state index in [-0.39, 0.29) is 29.9 Å². The summed E-state index contributed by atoms with van der Waals surface area (Å²) in [7, 11) is 0. The van der Waals surface area contributed by atoms with E-state index < -0.39 is 5.92 Å². The van der Waals surface area contributed by atoms with Crippen LogP contribution in [0.5, 0.6) is 0 Å². The number of hydrogen-bond donors (Lipinski definition) is 2. The van der Waals surface area contributed by atoms with Gasteiger partial charge in [0, 0.05) is 29.8 Å². The van der Waals surface area contributed by atoms with Gasteiger partial charge in [0.1, 0.15) is 0 Å². The largest absolute Gasteiger partial charge is 0.329 e. The van der Waals surface area contributed by atoms with Crippen molar-refractivity contribution < 1.29 is 14.4 Å². The minimum Gasteiger partial charge on any atom is -0.329 e. The zero-order valence-corrected chi connectivity index (χ0v) is 16.4. The molecule has 0 spiro atoms. The zero-order valence-electron chi connectivity index (χ0n) is 16.4. The van der Waals surface area contributed by atoms with Gasteiger partial charge in [0.2, 0.25) is 11.8 Å². The van der Waals surface area contributed by atoms with Gasteiger partial charge in [-0.15, -0.1) is 0 Å². The first-order chi connectivity index (χ1) is 14.1. The van der Waals surface area contributed by atoms with Crippen molar-refractivity contribution in [3.05, 3.63) is 77.0 Å². The molecule has 2 aliphatic rings. The van der Waals surface area contributed by atoms with Crippen LogP contribution in [0.1, 0.15) is 43.2 Å². The lowest BCUT2D eigenvalue weighted by molar-refractivity contribution is -0.129. The Hall–Kier alpha value is -3.21. The van der Waals surface area contributed by atoms with Crippen LogP contribution in [0.25, 0.3) is 0 Å². The Balaban J connectivity index is 1.62. The molecule has 4 rings (SSSR count). The number of anilines is 1. The van der Waals surface area contributed by atoms with Crippen LogP contribution in [0.3, 0.4) is 0 Å². The molecule has 0 bridgehead atoms. The summed E-state index contributed by atoms with van der Waals surface area (Å²) in [5.74, 6) is -1.28. The van der Waals surface area contributed by atoms with Crippen molar-refractivity contribution >= 4 is 23.3 Å². The summed E-state index contributed by atoms with van der Waals surface area (Å²) in [4.78, 5) is 38.4. The monoisotopic (exact) mass is 388 g/mol. The van der Waals surface area contributed by atoms with Gasteiger partial charge in [-0.25, -0.2) is 0 Å². The van der Waals surface area contributed by atoms with Crippen molar-refractivity contribution in [2.24, 2.45) is 5.92 Å². The van der Waals surface area contributed by atoms with E-state index >= 15 is 0 Å². The molecule has 0 saturated carbocycles. The van der Waals surface area contributed by atoms with Crippen LogP contribution in [0.2, 0.25) is 0 Å². The van der Waals surface area contributed by atoms with Gasteiger partial charge in [-0.05, 0) is 36.0 Å². The lowest BCUT2D eigenvalue weighted by atomic mass is 9.75. The molecular weight excluding hydrogens is 364 g/mol. The molecule has 5 heteroatoms. The minimum absolute atomic E-state index is 0.000697. The van der Waals surface area contributed by atoms with Gasteiger partial charge in [-0.2, -0.15) is 0 Å². The fourth-order valence-electron chi connectivity index (χ4n) is 4.32. The quantitative estimate of drug-likeness (QED) is 0.838. The Labute approximate surface area is 170 Å². The number of para-hydroxylation sites is 1. The number of nitrogens with one attached hydrogen (secondary N) is 2. The molecule has 2 N–H and O–H groups in total. The molecule has 1 heterocycles. The number of ketones is 1. The van der Waals surface area contributed by atoms with E-state index in [1.807, 2.05) is 61.5 Å². The van der Waals surface area contributed by atoms with Crippen LogP contribution >= 0.6 is 0 Å². The average molecular weight is 388 g/mol. The van der Waals surface area contributed by atoms with E-state index in [2.05, 4.69) is 10.6 Å². The first kappa shape index (κ1) is 19.1. The standard InChI is InChI=1S/C24H24N2O3/c1-2-15-8-6-7-11-19(15)26-24(29)18-14-22(28)25-20-12-17(13-21(27)23(18)20)16-9-4-3-5-10-16/h3-11,17-18H,2,12-14H2,1H3,(H,25,28)(H,26,29). The SMILES string of the molecule is CCc1ccccc1NC(=O)C1CC(=O)NC2=C1C(=O)CC(c1ccccc1)C2. The van der Waals surface area contributed by atoms with Gasteiger partial charge < -0.3 is 10.6 Å². The van der Waals surface area contributed by atoms with E-state index in [1.54, 1.807) is 0 Å². The second kappa shape index (κ2) is 8.03. The maximum atomic E-state index is 13.1. The van der Waals surface area contributed by atoms with Crippen LogP contribution in [-0.4, -0.2) is 17.6 Å². The number of allylic oxidation sites excluding steroid dienone is 1. The smallest absolute Gasteiger partial charge is 0.232 e. The van der Waals surface area contributed by atoms with Crippen LogP contribution in [0.15, 0.2) is 65.9 Å². The normalized spacial score (nSPS) is 21.4. The molecule has 148 valence electrons. The molecule has 2 aromatic rings. The number of carbonyl (C=O) groups excluding carboxylic acids is 3. The van der Waals surface area contributed by atoms with Crippen molar-refractivity contribution in [2.45, 2.75) is 38.5 Å². The lowest BCUT2D eigenvalue weighted by Gasteiger charge is -2.33. The topological polar surface area (TPSA) is 75.3 Å². The highest BCUT2D eigenvalue weighted by atomic mass is 16.2. The summed E-state index contributed by atoms with van der Waals surface area (Å²) >= 11 is 0. The van der Waals surface area contributed by atoms with Crippen molar-refractivity contribution in [1.29, 1.82) is 0 Å². The number of amides is 2. The molecular formula is C24H24N2O3. The van der Waals surface area contributed by atoms with Gasteiger partial charge in [-0.1, -0.05) is 55.5 Å². The molecule has 5 nitrogen and oxygen atoms in total. The van der Waals surface area contributed by atoms with Crippen molar-refractivity contribution in [2.75, 3.05) is 5.32 Å². The second-order valence-electron chi connectivity index (χ2n) is 7.64. The third kappa shape index (κ3) is 3.86. The first-order valence-electron chi connectivity index (χ1n) is 10.1. The Morgan fingerprint density at radius 2 is 1.72 bits per heavy atom. The highest BCUT2D eigenvalue weighted by molar-refractivity contribution is 6.09. The number of aryl methyl sites for hydroxylation is 1. The molecule has 1 aliphatic heterocycles. The molecule has 2 atom stereocenters. The van der Waals surface area contributed by atoms with E-state index in [1.165, 1.54) is 0 Å². The predicted molar refractivity (Wildman–Crippen MR) is 111 cm³/mol. The van der Waals surface area contributed by atoms with E-state index in [4.69, 9.17) is 0 Å². The average Bonchev–Trinajstić information content (AvgIpc) is 2.73. The van der Waals surface area contributed by atoms with Gasteiger partial charge in [0.05, 0.1) is 5.92 Å². The van der Waals surface area contributed by atoms with Crippen LogP contribution in [0.4, 0.5) is 5.69 Å². The van der Waals surface area contributed by atoms with Crippen LogP contribution in [0, 0.1) is 5.92 Å². The summed E-state index contributed by atoms with van der Waals surface area (Å²) in [6.07, 6.45) is 1.70. The van der Waals surface area contributed by atoms with Crippen molar-refractivity contribution in [3.8, 4) is 0 Å². The Morgan fingerprint density at radius 1 is 1.00 bits per heavy atom. The molecule has 29 heavy (non-hydrogen) atoms. The highest BCUT2D eigenvalue weighted by Gasteiger charge is 2.40. The fourth-order valence-corrected chi connectivity index (χ4v) is 4.32. The molecule has 0 saturated heterocycles. The Bertz CT molecular complexity index is 994. The number of benzene rings is 2. The van der Waals surface area contributed by atoms with Gasteiger partial charge in [0.15, 0.2) is 5.78 Å². The highest BCUT2D eigenvalue weighted by Crippen LogP contribution is 2.39. The Morgan fingerprint density at radius 3 is 2.48 bits per heavy atom. The lowest BCUT2D eigenvalue weighted by Crippen LogP contribution is -2.43. The summed E-state index contributed by atoms with van der Waals surface area (Å²) in [6.45, 7) is 2.02. The van der Waals surface area contributed by atoms with Gasteiger partial charge >= 0.3 is 0 Å². The number of rotatable bonds is 4. The summed E-state index contributed by atoms with van der Waals surface area (Å²) in [6, 6.07) is 17.4. The van der Waals surface area contributed by atoms with E-state index in [9.17, 15) is 14.4 Å². The van der Waals surface area contributed by atoms with Crippen molar-refractivity contribution in [3.63, 3.8) is 0 Å². The summed E-state index contributed by atoms with van der Waals surface area (Å²) in [5.41, 5.74) is 3.91. The number of Topliss-reactive ketones (excluding diaryl/α,β-unsaturated/α-hetero) is 1. The maximum absolute atomic E-state index is 13.1. The molecule has 0 fully saturated rings. The van der Waals surface area contributed by atoms with Crippen LogP contribution in [-0.2, 0) is 20.8 Å². The Kier molecular flexibility index (Phi) is 5.30. The molecule has 0 radical (unpaired) electrons. The van der Waals surface area contributed by atoms with E-state index in [0.29, 0.717) is 24.1 Å². The van der Waals surface area contributed by atoms with Gasteiger partial charge in [-0.3, -0.25) is 14.4 Å². The second-order valence-corrected chi connectivity index (χ2v) is 7.64. The molecule has 2 aromatic carbocycles. The molecule has 2 amide bonds. The molecule has 1 aliphatic carbocycles. The maximum Gasteiger partial charge on any atom is 0.232 e. The fraction of sp³-hybridized carbons (Fsp3) is 0.292. The van der Waals surface area contributed by atoms with Gasteiger partial charge in [0.25, 0.3) is 0 Å². The number of hydrogen-bond acceptors (Lipinski definition) is 3. The first-order valence-corrected chi connectivity index (χ1v) is 10.1. The van der Waals surface area contributed by atoms with E-state index in [0.717, 1.165) is 23.2 Å². The third-order valence-corrected chi connectivity index (χ3v) is 5.78. The predicted octanol–water partition coefficient (Wildman–Crippen LogP) is 3.72. The summed E-state index contributed by atoms with van der Waals surface area (Å²) in [5, 5.41) is 5.80. The number of carbonyl (C=O) groups is 3. The summed E-state index contributed by atoms with van der Waals surface area (Å²) < 4.78 is 0. The van der Waals surface area contributed by atoms with Crippen molar-refractivity contribution in [1.82, 2.24) is 5.32 Å². The molecule has 0 aromatic heterocycles. The third-order valence-electron chi connectivity index (χ3n) is 5.78. The van der Waals surface area contributed by atoms with Crippen LogP contribution < -0.4 is 10.6 Å².